The summed E-state index contributed by atoms with van der Waals surface area (Å²) in [6.07, 6.45) is 6.82. The Hall–Kier alpha value is -2.60. The van der Waals surface area contributed by atoms with Crippen molar-refractivity contribution in [3.63, 3.8) is 0 Å². The Kier molecular flexibility index (Phi) is 4.04. The maximum absolute atomic E-state index is 4.41. The SMILES string of the molecule is CC(c1ccc2nccnc2c1)N1CCN(c2nc[c]cn2)CC1. The monoisotopic (exact) mass is 319 g/mol. The summed E-state index contributed by atoms with van der Waals surface area (Å²) in [4.78, 5) is 22.0. The van der Waals surface area contributed by atoms with Crippen molar-refractivity contribution < 1.29 is 0 Å². The molecular weight excluding hydrogens is 300 g/mol. The molecule has 0 bridgehead atoms. The molecular formula is C18H19N6. The number of piperazine rings is 1. The Labute approximate surface area is 141 Å². The molecule has 4 rings (SSSR count). The smallest absolute Gasteiger partial charge is 0.225 e. The van der Waals surface area contributed by atoms with E-state index in [9.17, 15) is 0 Å². The van der Waals surface area contributed by atoms with Gasteiger partial charge in [0.05, 0.1) is 11.0 Å². The first-order valence-corrected chi connectivity index (χ1v) is 8.19. The Morgan fingerprint density at radius 1 is 0.917 bits per heavy atom. The quantitative estimate of drug-likeness (QED) is 0.737. The van der Waals surface area contributed by atoms with Crippen LogP contribution in [0.3, 0.4) is 0 Å². The highest BCUT2D eigenvalue weighted by atomic mass is 15.3. The molecule has 1 unspecified atom stereocenters. The van der Waals surface area contributed by atoms with Gasteiger partial charge in [-0.05, 0) is 24.6 Å². The molecule has 121 valence electrons. The Morgan fingerprint density at radius 3 is 2.38 bits per heavy atom. The van der Waals surface area contributed by atoms with Crippen LogP contribution < -0.4 is 4.90 Å². The van der Waals surface area contributed by atoms with Crippen LogP contribution in [0.5, 0.6) is 0 Å². The summed E-state index contributed by atoms with van der Waals surface area (Å²) in [5.41, 5.74) is 3.17. The van der Waals surface area contributed by atoms with Crippen molar-refractivity contribution in [3.8, 4) is 0 Å². The highest BCUT2D eigenvalue weighted by molar-refractivity contribution is 5.74. The van der Waals surface area contributed by atoms with Crippen LogP contribution in [-0.4, -0.2) is 51.0 Å². The summed E-state index contributed by atoms with van der Waals surface area (Å²) in [5.74, 6) is 0.794. The van der Waals surface area contributed by atoms with Crippen molar-refractivity contribution in [2.75, 3.05) is 31.1 Å². The van der Waals surface area contributed by atoms with Gasteiger partial charge in [-0.2, -0.15) is 0 Å². The molecule has 0 N–H and O–H groups in total. The van der Waals surface area contributed by atoms with Crippen LogP contribution >= 0.6 is 0 Å². The molecule has 3 heterocycles. The lowest BCUT2D eigenvalue weighted by molar-refractivity contribution is 0.198. The molecule has 6 nitrogen and oxygen atoms in total. The lowest BCUT2D eigenvalue weighted by Gasteiger charge is -2.38. The number of benzene rings is 1. The summed E-state index contributed by atoms with van der Waals surface area (Å²) < 4.78 is 0. The number of aromatic nitrogens is 4. The van der Waals surface area contributed by atoms with Gasteiger partial charge in [-0.15, -0.1) is 0 Å². The third-order valence-electron chi connectivity index (χ3n) is 4.63. The number of hydrogen-bond acceptors (Lipinski definition) is 6. The van der Waals surface area contributed by atoms with Gasteiger partial charge in [-0.1, -0.05) is 6.07 Å². The number of fused-ring (bicyclic) bond motifs is 1. The average molecular weight is 319 g/mol. The zero-order chi connectivity index (χ0) is 16.4. The zero-order valence-electron chi connectivity index (χ0n) is 13.6. The summed E-state index contributed by atoms with van der Waals surface area (Å²) in [6, 6.07) is 9.57. The highest BCUT2D eigenvalue weighted by Gasteiger charge is 2.23. The largest absolute Gasteiger partial charge is 0.338 e. The Bertz CT molecular complexity index is 814. The fourth-order valence-corrected chi connectivity index (χ4v) is 3.18. The number of anilines is 1. The first kappa shape index (κ1) is 15.0. The second-order valence-electron chi connectivity index (χ2n) is 5.99. The predicted molar refractivity (Wildman–Crippen MR) is 92.6 cm³/mol. The molecule has 6 heteroatoms. The van der Waals surface area contributed by atoms with Gasteiger partial charge in [0.25, 0.3) is 0 Å². The minimum atomic E-state index is 0.351. The van der Waals surface area contributed by atoms with Crippen LogP contribution in [-0.2, 0) is 0 Å². The van der Waals surface area contributed by atoms with E-state index in [1.807, 2.05) is 0 Å². The lowest BCUT2D eigenvalue weighted by atomic mass is 10.1. The molecule has 1 aliphatic heterocycles. The Balaban J connectivity index is 1.46. The van der Waals surface area contributed by atoms with Gasteiger partial charge in [0, 0.05) is 63.1 Å². The number of rotatable bonds is 3. The van der Waals surface area contributed by atoms with Gasteiger partial charge < -0.3 is 4.90 Å². The molecule has 2 aromatic heterocycles. The van der Waals surface area contributed by atoms with E-state index in [-0.39, 0.29) is 0 Å². The van der Waals surface area contributed by atoms with Crippen molar-refractivity contribution in [1.29, 1.82) is 0 Å². The van der Waals surface area contributed by atoms with E-state index < -0.39 is 0 Å². The molecule has 0 amide bonds. The molecule has 1 aromatic carbocycles. The van der Waals surface area contributed by atoms with E-state index in [1.165, 1.54) is 5.56 Å². The van der Waals surface area contributed by atoms with Crippen molar-refractivity contribution in [3.05, 3.63) is 54.6 Å². The van der Waals surface area contributed by atoms with Gasteiger partial charge in [0.1, 0.15) is 0 Å². The van der Waals surface area contributed by atoms with E-state index in [0.717, 1.165) is 43.2 Å². The van der Waals surface area contributed by atoms with E-state index in [0.29, 0.717) is 6.04 Å². The number of hydrogen-bond donors (Lipinski definition) is 0. The zero-order valence-corrected chi connectivity index (χ0v) is 13.6. The second-order valence-corrected chi connectivity index (χ2v) is 5.99. The average Bonchev–Trinajstić information content (AvgIpc) is 2.68. The summed E-state index contributed by atoms with van der Waals surface area (Å²) in [5, 5.41) is 0. The standard InChI is InChI=1S/C18H19N6/c1-14(15-3-4-16-17(13-15)20-8-7-19-16)23-9-11-24(12-10-23)18-21-5-2-6-22-18/h3-8,13-14H,9-12H2,1H3. The maximum atomic E-state index is 4.41. The summed E-state index contributed by atoms with van der Waals surface area (Å²) in [6.45, 7) is 6.09. The fourth-order valence-electron chi connectivity index (χ4n) is 3.18. The van der Waals surface area contributed by atoms with E-state index >= 15 is 0 Å². The van der Waals surface area contributed by atoms with Crippen molar-refractivity contribution in [2.45, 2.75) is 13.0 Å². The van der Waals surface area contributed by atoms with Crippen LogP contribution in [0.4, 0.5) is 5.95 Å². The lowest BCUT2D eigenvalue weighted by Crippen LogP contribution is -2.47. The van der Waals surface area contributed by atoms with Crippen LogP contribution in [0.2, 0.25) is 0 Å². The second kappa shape index (κ2) is 6.49. The first-order valence-electron chi connectivity index (χ1n) is 8.19. The molecule has 0 aliphatic carbocycles. The van der Waals surface area contributed by atoms with Crippen LogP contribution in [0.1, 0.15) is 18.5 Å². The minimum absolute atomic E-state index is 0.351. The van der Waals surface area contributed by atoms with Crippen molar-refractivity contribution in [1.82, 2.24) is 24.8 Å². The third kappa shape index (κ3) is 2.92. The molecule has 0 saturated carbocycles. The molecule has 1 saturated heterocycles. The summed E-state index contributed by atoms with van der Waals surface area (Å²) >= 11 is 0. The predicted octanol–water partition coefficient (Wildman–Crippen LogP) is 2.10. The molecule has 1 fully saturated rings. The Morgan fingerprint density at radius 2 is 1.62 bits per heavy atom. The molecule has 1 radical (unpaired) electrons. The maximum Gasteiger partial charge on any atom is 0.225 e. The minimum Gasteiger partial charge on any atom is -0.338 e. The normalized spacial score (nSPS) is 17.1. The fraction of sp³-hybridized carbons (Fsp3) is 0.333. The van der Waals surface area contributed by atoms with E-state index in [1.54, 1.807) is 24.8 Å². The molecule has 3 aromatic rings. The number of nitrogens with zero attached hydrogens (tertiary/aromatic N) is 6. The van der Waals surface area contributed by atoms with Crippen LogP contribution in [0.25, 0.3) is 11.0 Å². The van der Waals surface area contributed by atoms with Gasteiger partial charge in [-0.3, -0.25) is 14.9 Å². The van der Waals surface area contributed by atoms with Gasteiger partial charge >= 0.3 is 0 Å². The van der Waals surface area contributed by atoms with Gasteiger partial charge in [0.15, 0.2) is 0 Å². The van der Waals surface area contributed by atoms with Gasteiger partial charge in [0.2, 0.25) is 5.95 Å². The molecule has 0 spiro atoms. The van der Waals surface area contributed by atoms with Crippen molar-refractivity contribution in [2.24, 2.45) is 0 Å². The van der Waals surface area contributed by atoms with E-state index in [2.05, 4.69) is 60.9 Å². The molecule has 1 atom stereocenters. The molecule has 24 heavy (non-hydrogen) atoms. The van der Waals surface area contributed by atoms with Crippen molar-refractivity contribution >= 4 is 17.0 Å². The highest BCUT2D eigenvalue weighted by Crippen LogP contribution is 2.24. The molecule has 1 aliphatic rings. The topological polar surface area (TPSA) is 58.0 Å². The van der Waals surface area contributed by atoms with E-state index in [4.69, 9.17) is 0 Å². The third-order valence-corrected chi connectivity index (χ3v) is 4.63. The summed E-state index contributed by atoms with van der Waals surface area (Å²) in [7, 11) is 0. The first-order chi connectivity index (χ1) is 11.8. The van der Waals surface area contributed by atoms with Crippen LogP contribution in [0, 0.1) is 6.07 Å². The van der Waals surface area contributed by atoms with Gasteiger partial charge in [-0.25, -0.2) is 9.97 Å². The van der Waals surface area contributed by atoms with Crippen LogP contribution in [0.15, 0.2) is 43.0 Å².